The molecule has 1 amide bonds. The van der Waals surface area contributed by atoms with Crippen LogP contribution in [0.15, 0.2) is 72.3 Å². The maximum absolute atomic E-state index is 12.6. The number of amides is 1. The van der Waals surface area contributed by atoms with Crippen LogP contribution in [0, 0.1) is 31.6 Å². The minimum absolute atomic E-state index is 0.101. The fourth-order valence-corrected chi connectivity index (χ4v) is 2.84. The van der Waals surface area contributed by atoms with Crippen LogP contribution in [0.3, 0.4) is 0 Å². The number of benzene rings is 3. The van der Waals surface area contributed by atoms with Crippen molar-refractivity contribution in [3.8, 4) is 23.3 Å². The number of nitrogens with one attached hydrogen (secondary N) is 1. The van der Waals surface area contributed by atoms with Crippen LogP contribution in [-0.2, 0) is 4.79 Å². The summed E-state index contributed by atoms with van der Waals surface area (Å²) in [5, 5.41) is 34.4. The zero-order valence-corrected chi connectivity index (χ0v) is 17.6. The van der Waals surface area contributed by atoms with Gasteiger partial charge >= 0.3 is 5.69 Å². The molecule has 0 bridgehead atoms. The number of anilines is 1. The first-order valence-electron chi connectivity index (χ1n) is 9.59. The lowest BCUT2D eigenvalue weighted by Gasteiger charge is -2.10. The molecule has 0 fully saturated rings. The molecule has 0 unspecified atom stereocenters. The quantitative estimate of drug-likeness (QED) is 0.216. The van der Waals surface area contributed by atoms with E-state index in [1.807, 2.05) is 6.07 Å². The Bertz CT molecular complexity index is 1330. The van der Waals surface area contributed by atoms with Gasteiger partial charge in [-0.1, -0.05) is 18.2 Å². The van der Waals surface area contributed by atoms with Gasteiger partial charge in [-0.3, -0.25) is 25.0 Å². The molecule has 170 valence electrons. The summed E-state index contributed by atoms with van der Waals surface area (Å²) in [4.78, 5) is 33.4. The molecule has 1 N–H and O–H groups in total. The van der Waals surface area contributed by atoms with Crippen molar-refractivity contribution in [1.29, 1.82) is 5.26 Å². The van der Waals surface area contributed by atoms with Crippen molar-refractivity contribution in [3.05, 3.63) is 98.1 Å². The standard InChI is InChI=1S/C23H16N4O7/c1-33-19-9-6-17(7-10-19)25-23(28)16(14-24)12-15-4-2-3-5-21(15)34-22-11-8-18(26(29)30)13-20(22)27(31)32/h2-13H,1H3,(H,25,28)/b16-12+. The molecule has 0 aromatic heterocycles. The Morgan fingerprint density at radius 1 is 1.00 bits per heavy atom. The molecule has 3 rings (SSSR count). The van der Waals surface area contributed by atoms with Crippen LogP contribution >= 0.6 is 0 Å². The average Bonchev–Trinajstić information content (AvgIpc) is 2.83. The van der Waals surface area contributed by atoms with Crippen LogP contribution in [0.25, 0.3) is 6.08 Å². The molecule has 11 nitrogen and oxygen atoms in total. The van der Waals surface area contributed by atoms with Gasteiger partial charge in [0.15, 0.2) is 0 Å². The molecular weight excluding hydrogens is 444 g/mol. The summed E-state index contributed by atoms with van der Waals surface area (Å²) in [6, 6.07) is 17.5. The first kappa shape index (κ1) is 23.4. The van der Waals surface area contributed by atoms with Gasteiger partial charge in [0.05, 0.1) is 23.0 Å². The van der Waals surface area contributed by atoms with E-state index in [9.17, 15) is 30.3 Å². The molecule has 0 saturated carbocycles. The Morgan fingerprint density at radius 3 is 2.32 bits per heavy atom. The van der Waals surface area contributed by atoms with E-state index in [2.05, 4.69) is 5.32 Å². The van der Waals surface area contributed by atoms with E-state index in [0.717, 1.165) is 18.2 Å². The smallest absolute Gasteiger partial charge is 0.318 e. The first-order chi connectivity index (χ1) is 16.3. The number of carbonyl (C=O) groups is 1. The van der Waals surface area contributed by atoms with E-state index in [-0.39, 0.29) is 22.6 Å². The van der Waals surface area contributed by atoms with Gasteiger partial charge < -0.3 is 14.8 Å². The van der Waals surface area contributed by atoms with Crippen molar-refractivity contribution in [1.82, 2.24) is 0 Å². The molecule has 0 saturated heterocycles. The lowest BCUT2D eigenvalue weighted by atomic mass is 10.1. The lowest BCUT2D eigenvalue weighted by molar-refractivity contribution is -0.394. The third kappa shape index (κ3) is 5.51. The molecule has 0 aliphatic carbocycles. The van der Waals surface area contributed by atoms with Gasteiger partial charge in [-0.2, -0.15) is 5.26 Å². The number of nitro benzene ring substituents is 2. The Labute approximate surface area is 192 Å². The fraction of sp³-hybridized carbons (Fsp3) is 0.0435. The van der Waals surface area contributed by atoms with Crippen molar-refractivity contribution in [3.63, 3.8) is 0 Å². The maximum atomic E-state index is 12.6. The highest BCUT2D eigenvalue weighted by atomic mass is 16.6. The molecule has 34 heavy (non-hydrogen) atoms. The van der Waals surface area contributed by atoms with Gasteiger partial charge in [-0.05, 0) is 42.5 Å². The predicted octanol–water partition coefficient (Wildman–Crippen LogP) is 4.85. The minimum atomic E-state index is -0.802. The normalized spacial score (nSPS) is 10.6. The first-order valence-corrected chi connectivity index (χ1v) is 9.59. The molecule has 0 spiro atoms. The molecular formula is C23H16N4O7. The number of nitriles is 1. The van der Waals surface area contributed by atoms with Crippen molar-refractivity contribution in [2.75, 3.05) is 12.4 Å². The summed E-state index contributed by atoms with van der Waals surface area (Å²) in [6.45, 7) is 0. The number of nitrogens with zero attached hydrogens (tertiary/aromatic N) is 3. The largest absolute Gasteiger partial charge is 0.497 e. The molecule has 0 aliphatic heterocycles. The number of non-ortho nitro benzene ring substituents is 1. The van der Waals surface area contributed by atoms with Gasteiger partial charge in [0.1, 0.15) is 23.1 Å². The van der Waals surface area contributed by atoms with Crippen LogP contribution in [0.2, 0.25) is 0 Å². The van der Waals surface area contributed by atoms with Crippen LogP contribution in [-0.4, -0.2) is 22.9 Å². The molecule has 3 aromatic rings. The van der Waals surface area contributed by atoms with E-state index in [1.54, 1.807) is 42.5 Å². The SMILES string of the molecule is COc1ccc(NC(=O)/C(C#N)=C/c2ccccc2Oc2ccc([N+](=O)[O-])cc2[N+](=O)[O-])cc1. The van der Waals surface area contributed by atoms with E-state index in [0.29, 0.717) is 11.4 Å². The highest BCUT2D eigenvalue weighted by molar-refractivity contribution is 6.09. The molecule has 0 radical (unpaired) electrons. The summed E-state index contributed by atoms with van der Waals surface area (Å²) in [5.41, 5.74) is -0.584. The lowest BCUT2D eigenvalue weighted by Crippen LogP contribution is -2.13. The molecule has 0 atom stereocenters. The zero-order valence-electron chi connectivity index (χ0n) is 17.6. The van der Waals surface area contributed by atoms with Crippen molar-refractivity contribution >= 4 is 29.0 Å². The van der Waals surface area contributed by atoms with E-state index < -0.39 is 27.1 Å². The second-order valence-corrected chi connectivity index (χ2v) is 6.66. The Hall–Kier alpha value is -5.24. The van der Waals surface area contributed by atoms with Crippen molar-refractivity contribution < 1.29 is 24.1 Å². The zero-order chi connectivity index (χ0) is 24.7. The number of para-hydroxylation sites is 1. The van der Waals surface area contributed by atoms with Gasteiger partial charge in [0, 0.05) is 17.3 Å². The third-order valence-electron chi connectivity index (χ3n) is 4.50. The van der Waals surface area contributed by atoms with Gasteiger partial charge in [0.25, 0.3) is 11.6 Å². The Kier molecular flexibility index (Phi) is 7.15. The van der Waals surface area contributed by atoms with Crippen molar-refractivity contribution in [2.24, 2.45) is 0 Å². The number of methoxy groups -OCH3 is 1. The fourth-order valence-electron chi connectivity index (χ4n) is 2.84. The summed E-state index contributed by atoms with van der Waals surface area (Å²) < 4.78 is 10.7. The Morgan fingerprint density at radius 2 is 1.71 bits per heavy atom. The molecule has 0 heterocycles. The van der Waals surface area contributed by atoms with E-state index >= 15 is 0 Å². The van der Waals surface area contributed by atoms with Gasteiger partial charge in [0.2, 0.25) is 5.75 Å². The summed E-state index contributed by atoms with van der Waals surface area (Å²) in [5.74, 6) is -0.216. The van der Waals surface area contributed by atoms with Crippen molar-refractivity contribution in [2.45, 2.75) is 0 Å². The summed E-state index contributed by atoms with van der Waals surface area (Å²) in [7, 11) is 1.51. The number of rotatable bonds is 8. The average molecular weight is 460 g/mol. The second kappa shape index (κ2) is 10.4. The Balaban J connectivity index is 1.90. The molecule has 11 heteroatoms. The highest BCUT2D eigenvalue weighted by Gasteiger charge is 2.22. The molecule has 0 aliphatic rings. The topological polar surface area (TPSA) is 158 Å². The van der Waals surface area contributed by atoms with Crippen LogP contribution in [0.1, 0.15) is 5.56 Å². The maximum Gasteiger partial charge on any atom is 0.318 e. The van der Waals surface area contributed by atoms with Gasteiger partial charge in [-0.15, -0.1) is 0 Å². The number of hydrogen-bond donors (Lipinski definition) is 1. The number of carbonyl (C=O) groups excluding carboxylic acids is 1. The van der Waals surface area contributed by atoms with Crippen LogP contribution in [0.5, 0.6) is 17.2 Å². The molecule has 3 aromatic carbocycles. The number of nitro groups is 2. The second-order valence-electron chi connectivity index (χ2n) is 6.66. The summed E-state index contributed by atoms with van der Waals surface area (Å²) >= 11 is 0. The van der Waals surface area contributed by atoms with E-state index in [1.165, 1.54) is 19.3 Å². The van der Waals surface area contributed by atoms with Gasteiger partial charge in [-0.25, -0.2) is 0 Å². The third-order valence-corrected chi connectivity index (χ3v) is 4.50. The monoisotopic (exact) mass is 460 g/mol. The number of hydrogen-bond acceptors (Lipinski definition) is 8. The van der Waals surface area contributed by atoms with E-state index in [4.69, 9.17) is 9.47 Å². The minimum Gasteiger partial charge on any atom is -0.497 e. The number of ether oxygens (including phenoxy) is 2. The predicted molar refractivity (Wildman–Crippen MR) is 121 cm³/mol. The van der Waals surface area contributed by atoms with Crippen LogP contribution in [0.4, 0.5) is 17.1 Å². The summed E-state index contributed by atoms with van der Waals surface area (Å²) in [6.07, 6.45) is 1.27. The van der Waals surface area contributed by atoms with Crippen LogP contribution < -0.4 is 14.8 Å². The highest BCUT2D eigenvalue weighted by Crippen LogP contribution is 2.36.